The highest BCUT2D eigenvalue weighted by Gasteiger charge is 1.88. The molecule has 0 aliphatic heterocycles. The predicted molar refractivity (Wildman–Crippen MR) is 22.6 cm³/mol. The molecule has 5 heteroatoms. The van der Waals surface area contributed by atoms with Crippen LogP contribution in [0.4, 0.5) is 4.39 Å². The molecule has 0 N–H and O–H groups in total. The fourth-order valence-corrected chi connectivity index (χ4v) is 0.334. The maximum absolute atomic E-state index is 11.4. The summed E-state index contributed by atoms with van der Waals surface area (Å²) in [6, 6.07) is 0. The van der Waals surface area contributed by atoms with Crippen molar-refractivity contribution < 1.29 is 4.39 Å². The third-order valence-corrected chi connectivity index (χ3v) is 0.637. The van der Waals surface area contributed by atoms with Gasteiger partial charge in [0.15, 0.2) is 0 Å². The Bertz CT molecular complexity index is 137. The smallest absolute Gasteiger partial charge is 0.245 e. The fraction of sp³-hybridized carbons (Fsp3) is 0.667. The van der Waals surface area contributed by atoms with Gasteiger partial charge in [0.05, 0.1) is 6.54 Å². The Morgan fingerprint density at radius 1 is 1.62 bits per heavy atom. The lowest BCUT2D eigenvalue weighted by Gasteiger charge is -1.86. The first-order valence-corrected chi connectivity index (χ1v) is 2.13. The third kappa shape index (κ3) is 0.988. The number of hydrogen-bond donors (Lipinski definition) is 0. The number of aryl methyl sites for hydroxylation is 1. The second kappa shape index (κ2) is 2.34. The van der Waals surface area contributed by atoms with Gasteiger partial charge in [-0.1, -0.05) is 0 Å². The monoisotopic (exact) mass is 115 g/mol. The van der Waals surface area contributed by atoms with Gasteiger partial charge in [-0.2, -0.15) is 4.80 Å². The Kier molecular flexibility index (Phi) is 1.51. The van der Waals surface area contributed by atoms with E-state index in [9.17, 15) is 4.39 Å². The number of nitrogens with zero attached hydrogens (tertiary/aromatic N) is 4. The van der Waals surface area contributed by atoms with Gasteiger partial charge in [-0.05, 0) is 5.21 Å². The lowest BCUT2D eigenvalue weighted by Crippen LogP contribution is -2.03. The van der Waals surface area contributed by atoms with Crippen molar-refractivity contribution in [2.75, 3.05) is 6.67 Å². The summed E-state index contributed by atoms with van der Waals surface area (Å²) in [6.45, 7) is -0.305. The van der Waals surface area contributed by atoms with Crippen LogP contribution in [0.2, 0.25) is 0 Å². The molecule has 0 unspecified atom stereocenters. The van der Waals surface area contributed by atoms with Crippen molar-refractivity contribution >= 4 is 0 Å². The highest BCUT2D eigenvalue weighted by atomic mass is 19.1. The lowest BCUT2D eigenvalue weighted by atomic mass is 10.8. The largest absolute Gasteiger partial charge is 0.249 e. The minimum atomic E-state index is -0.468. The van der Waals surface area contributed by atoms with Crippen LogP contribution in [0.25, 0.3) is 0 Å². The number of tetrazole rings is 1. The van der Waals surface area contributed by atoms with Crippen LogP contribution in [0.5, 0.6) is 0 Å². The van der Waals surface area contributed by atoms with E-state index >= 15 is 0 Å². The van der Waals surface area contributed by atoms with Gasteiger partial charge in [0, 0.05) is 0 Å². The van der Waals surface area contributed by atoms with Crippen LogP contribution in [0, 0.1) is 6.33 Å². The van der Waals surface area contributed by atoms with Crippen molar-refractivity contribution in [3.05, 3.63) is 6.33 Å². The summed E-state index contributed by atoms with van der Waals surface area (Å²) < 4.78 is 11.4. The molecule has 1 aromatic rings. The Balaban J connectivity index is 2.50. The molecule has 4 nitrogen and oxygen atoms in total. The van der Waals surface area contributed by atoms with Crippen molar-refractivity contribution in [1.82, 2.24) is 20.2 Å². The van der Waals surface area contributed by atoms with Crippen molar-refractivity contribution in [1.29, 1.82) is 0 Å². The van der Waals surface area contributed by atoms with E-state index in [0.717, 1.165) is 4.80 Å². The molecule has 8 heavy (non-hydrogen) atoms. The number of rotatable bonds is 2. The van der Waals surface area contributed by atoms with Gasteiger partial charge in [0.25, 0.3) is 0 Å². The second-order valence-electron chi connectivity index (χ2n) is 1.17. The summed E-state index contributed by atoms with van der Waals surface area (Å²) in [6.07, 6.45) is 2.20. The van der Waals surface area contributed by atoms with E-state index in [4.69, 9.17) is 0 Å². The van der Waals surface area contributed by atoms with E-state index in [0.29, 0.717) is 0 Å². The van der Waals surface area contributed by atoms with Gasteiger partial charge in [0.2, 0.25) is 6.33 Å². The number of aromatic nitrogens is 4. The molecule has 0 spiro atoms. The third-order valence-electron chi connectivity index (χ3n) is 0.637. The topological polar surface area (TPSA) is 43.6 Å². The van der Waals surface area contributed by atoms with E-state index < -0.39 is 6.67 Å². The predicted octanol–water partition coefficient (Wildman–Crippen LogP) is -0.557. The molecule has 0 atom stereocenters. The molecule has 1 aromatic heterocycles. The summed E-state index contributed by atoms with van der Waals surface area (Å²) in [5.41, 5.74) is 0. The quantitative estimate of drug-likeness (QED) is 0.519. The molecule has 1 heterocycles. The summed E-state index contributed by atoms with van der Waals surface area (Å²) in [5.74, 6) is 0. The van der Waals surface area contributed by atoms with Crippen molar-refractivity contribution in [3.63, 3.8) is 0 Å². The molecule has 1 radical (unpaired) electrons. The number of hydrogen-bond acceptors (Lipinski definition) is 3. The number of halogens is 1. The van der Waals surface area contributed by atoms with Crippen LogP contribution in [0.15, 0.2) is 0 Å². The first-order valence-electron chi connectivity index (χ1n) is 2.13. The van der Waals surface area contributed by atoms with Crippen LogP contribution in [0.1, 0.15) is 0 Å². The first kappa shape index (κ1) is 5.14. The van der Waals surface area contributed by atoms with Gasteiger partial charge in [0.1, 0.15) is 6.67 Å². The molecule has 0 aromatic carbocycles. The van der Waals surface area contributed by atoms with Crippen LogP contribution in [-0.2, 0) is 6.54 Å². The van der Waals surface area contributed by atoms with Gasteiger partial charge in [-0.15, -0.1) is 10.2 Å². The van der Waals surface area contributed by atoms with Crippen molar-refractivity contribution in [2.24, 2.45) is 0 Å². The average Bonchev–Trinajstić information content (AvgIpc) is 2.19. The summed E-state index contributed by atoms with van der Waals surface area (Å²) in [4.78, 5) is 1.14. The molecule has 0 saturated carbocycles. The van der Waals surface area contributed by atoms with Crippen LogP contribution in [0.3, 0.4) is 0 Å². The maximum Gasteiger partial charge on any atom is 0.245 e. The zero-order valence-electron chi connectivity index (χ0n) is 4.08. The van der Waals surface area contributed by atoms with Gasteiger partial charge < -0.3 is 0 Å². The molecule has 1 rings (SSSR count). The fourth-order valence-electron chi connectivity index (χ4n) is 0.334. The molecule has 0 bridgehead atoms. The van der Waals surface area contributed by atoms with E-state index in [2.05, 4.69) is 21.7 Å². The maximum atomic E-state index is 11.4. The molecular weight excluding hydrogens is 111 g/mol. The van der Waals surface area contributed by atoms with E-state index in [1.807, 2.05) is 0 Å². The average molecular weight is 115 g/mol. The summed E-state index contributed by atoms with van der Waals surface area (Å²) in [7, 11) is 0. The summed E-state index contributed by atoms with van der Waals surface area (Å²) in [5, 5.41) is 10.1. The lowest BCUT2D eigenvalue weighted by molar-refractivity contribution is 0.397. The highest BCUT2D eigenvalue weighted by Crippen LogP contribution is 1.73. The molecule has 0 fully saturated rings. The van der Waals surface area contributed by atoms with E-state index in [1.54, 1.807) is 0 Å². The first-order chi connectivity index (χ1) is 3.93. The standard InChI is InChI=1S/C3H4FN4/c4-1-2-8-6-3-5-7-8/h1-2H2. The SMILES string of the molecule is FCCn1n[c]nn1. The zero-order valence-corrected chi connectivity index (χ0v) is 4.08. The molecule has 43 valence electrons. The normalized spacial score (nSPS) is 9.62. The zero-order chi connectivity index (χ0) is 5.82. The van der Waals surface area contributed by atoms with Gasteiger partial charge >= 0.3 is 0 Å². The number of alkyl halides is 1. The Hall–Kier alpha value is -1.00. The van der Waals surface area contributed by atoms with E-state index in [-0.39, 0.29) is 6.54 Å². The second-order valence-corrected chi connectivity index (χ2v) is 1.17. The Morgan fingerprint density at radius 3 is 3.00 bits per heavy atom. The minimum Gasteiger partial charge on any atom is -0.249 e. The molecule has 0 amide bonds. The molecule has 0 aliphatic rings. The highest BCUT2D eigenvalue weighted by molar-refractivity contribution is 4.34. The van der Waals surface area contributed by atoms with Crippen LogP contribution >= 0.6 is 0 Å². The van der Waals surface area contributed by atoms with Crippen LogP contribution in [-0.4, -0.2) is 26.9 Å². The molecule has 0 saturated heterocycles. The van der Waals surface area contributed by atoms with Crippen molar-refractivity contribution in [2.45, 2.75) is 6.54 Å². The van der Waals surface area contributed by atoms with Gasteiger partial charge in [-0.25, -0.2) is 4.39 Å². The Labute approximate surface area is 45.3 Å². The summed E-state index contributed by atoms with van der Waals surface area (Å²) >= 11 is 0. The minimum absolute atomic E-state index is 0.163. The van der Waals surface area contributed by atoms with Crippen LogP contribution < -0.4 is 0 Å². The van der Waals surface area contributed by atoms with E-state index in [1.165, 1.54) is 0 Å². The molecular formula is C3H4FN4. The van der Waals surface area contributed by atoms with Crippen molar-refractivity contribution in [3.8, 4) is 0 Å². The Morgan fingerprint density at radius 2 is 2.50 bits per heavy atom. The molecule has 0 aliphatic carbocycles. The van der Waals surface area contributed by atoms with Gasteiger partial charge in [-0.3, -0.25) is 0 Å².